The molecule has 4 heteroatoms. The molecule has 102 valence electrons. The van der Waals surface area contributed by atoms with Gasteiger partial charge in [-0.3, -0.25) is 0 Å². The first-order valence-corrected chi connectivity index (χ1v) is 7.36. The average Bonchev–Trinajstić information content (AvgIpc) is 2.46. The van der Waals surface area contributed by atoms with E-state index in [0.29, 0.717) is 0 Å². The van der Waals surface area contributed by atoms with E-state index in [1.165, 1.54) is 25.3 Å². The second kappa shape index (κ2) is 6.76. The Balaban J connectivity index is 1.89. The predicted molar refractivity (Wildman–Crippen MR) is 73.1 cm³/mol. The van der Waals surface area contributed by atoms with Crippen molar-refractivity contribution in [3.8, 4) is 0 Å². The van der Waals surface area contributed by atoms with E-state index >= 15 is 0 Å². The standard InChI is InChI=1S/C14H24N2O2/c17-15(13-7-3-1-4-8-13)11-12-16(18)14-9-5-2-6-10-14/h11-14H,1-10H2/b15-11-,16-12-. The summed E-state index contributed by atoms with van der Waals surface area (Å²) in [6, 6.07) is 0.185. The van der Waals surface area contributed by atoms with E-state index in [0.717, 1.165) is 60.8 Å². The molecule has 2 aliphatic rings. The zero-order valence-corrected chi connectivity index (χ0v) is 11.1. The Labute approximate surface area is 109 Å². The SMILES string of the molecule is [O-]/[N+](=C\C=[N+](/[O-])C1CCCCC1)C1CCCCC1. The van der Waals surface area contributed by atoms with Gasteiger partial charge in [-0.05, 0) is 25.7 Å². The Kier molecular flexibility index (Phi) is 5.02. The molecule has 2 saturated carbocycles. The molecule has 2 fully saturated rings. The zero-order valence-electron chi connectivity index (χ0n) is 11.1. The summed E-state index contributed by atoms with van der Waals surface area (Å²) in [7, 11) is 0. The lowest BCUT2D eigenvalue weighted by Gasteiger charge is -2.21. The van der Waals surface area contributed by atoms with E-state index in [1.54, 1.807) is 0 Å². The van der Waals surface area contributed by atoms with Crippen LogP contribution in [0.4, 0.5) is 0 Å². The molecule has 2 aliphatic carbocycles. The Morgan fingerprint density at radius 1 is 0.611 bits per heavy atom. The second-order valence-corrected chi connectivity index (χ2v) is 5.60. The van der Waals surface area contributed by atoms with E-state index in [-0.39, 0.29) is 12.1 Å². The van der Waals surface area contributed by atoms with Crippen LogP contribution in [-0.2, 0) is 0 Å². The molecule has 0 unspecified atom stereocenters. The van der Waals surface area contributed by atoms with Gasteiger partial charge < -0.3 is 10.4 Å². The van der Waals surface area contributed by atoms with Gasteiger partial charge in [0.15, 0.2) is 12.1 Å². The fourth-order valence-corrected chi connectivity index (χ4v) is 3.05. The summed E-state index contributed by atoms with van der Waals surface area (Å²) < 4.78 is 1.99. The minimum Gasteiger partial charge on any atom is -0.623 e. The summed E-state index contributed by atoms with van der Waals surface area (Å²) in [5.41, 5.74) is 0. The van der Waals surface area contributed by atoms with Crippen molar-refractivity contribution in [2.75, 3.05) is 0 Å². The molecule has 0 saturated heterocycles. The third-order valence-corrected chi connectivity index (χ3v) is 4.23. The molecular formula is C14H24N2O2. The van der Waals surface area contributed by atoms with Crippen LogP contribution in [0.25, 0.3) is 0 Å². The van der Waals surface area contributed by atoms with Crippen LogP contribution in [0.3, 0.4) is 0 Å². The van der Waals surface area contributed by atoms with Gasteiger partial charge in [0.1, 0.15) is 0 Å². The van der Waals surface area contributed by atoms with E-state index in [2.05, 4.69) is 0 Å². The van der Waals surface area contributed by atoms with E-state index < -0.39 is 0 Å². The molecule has 0 bridgehead atoms. The highest BCUT2D eigenvalue weighted by molar-refractivity contribution is 6.11. The third-order valence-electron chi connectivity index (χ3n) is 4.23. The Morgan fingerprint density at radius 2 is 0.944 bits per heavy atom. The van der Waals surface area contributed by atoms with Crippen molar-refractivity contribution in [1.29, 1.82) is 0 Å². The molecule has 0 heterocycles. The average molecular weight is 252 g/mol. The molecular weight excluding hydrogens is 228 g/mol. The molecule has 0 aliphatic heterocycles. The van der Waals surface area contributed by atoms with Gasteiger partial charge >= 0.3 is 0 Å². The van der Waals surface area contributed by atoms with Gasteiger partial charge in [0, 0.05) is 25.7 Å². The molecule has 0 aromatic carbocycles. The topological polar surface area (TPSA) is 52.1 Å². The first-order valence-electron chi connectivity index (χ1n) is 7.36. The van der Waals surface area contributed by atoms with Crippen LogP contribution >= 0.6 is 0 Å². The van der Waals surface area contributed by atoms with Crippen LogP contribution in [0, 0.1) is 10.4 Å². The molecule has 4 nitrogen and oxygen atoms in total. The first-order chi connectivity index (χ1) is 8.77. The number of hydrogen-bond acceptors (Lipinski definition) is 2. The van der Waals surface area contributed by atoms with Gasteiger partial charge in [0.05, 0.1) is 0 Å². The summed E-state index contributed by atoms with van der Waals surface area (Å²) in [6.07, 6.45) is 13.8. The van der Waals surface area contributed by atoms with Gasteiger partial charge in [0.2, 0.25) is 12.4 Å². The smallest absolute Gasteiger partial charge is 0.239 e. The van der Waals surface area contributed by atoms with Crippen molar-refractivity contribution in [2.24, 2.45) is 0 Å². The third kappa shape index (κ3) is 3.72. The normalized spacial score (nSPS) is 25.3. The van der Waals surface area contributed by atoms with Gasteiger partial charge in [-0.2, -0.15) is 0 Å². The second-order valence-electron chi connectivity index (χ2n) is 5.60. The summed E-state index contributed by atoms with van der Waals surface area (Å²) >= 11 is 0. The summed E-state index contributed by atoms with van der Waals surface area (Å²) in [5.74, 6) is 0. The molecule has 0 radical (unpaired) electrons. The van der Waals surface area contributed by atoms with Crippen molar-refractivity contribution in [3.63, 3.8) is 0 Å². The maximum absolute atomic E-state index is 11.8. The highest BCUT2D eigenvalue weighted by Crippen LogP contribution is 2.20. The summed E-state index contributed by atoms with van der Waals surface area (Å²) in [6.45, 7) is 0. The van der Waals surface area contributed by atoms with Crippen LogP contribution in [0.15, 0.2) is 0 Å². The van der Waals surface area contributed by atoms with Crippen molar-refractivity contribution >= 4 is 12.4 Å². The molecule has 0 aromatic rings. The van der Waals surface area contributed by atoms with Crippen molar-refractivity contribution in [2.45, 2.75) is 76.3 Å². The lowest BCUT2D eigenvalue weighted by Crippen LogP contribution is -2.29. The number of hydrogen-bond donors (Lipinski definition) is 0. The zero-order chi connectivity index (χ0) is 12.8. The van der Waals surface area contributed by atoms with Crippen molar-refractivity contribution in [3.05, 3.63) is 10.4 Å². The largest absolute Gasteiger partial charge is 0.623 e. The maximum Gasteiger partial charge on any atom is 0.239 e. The van der Waals surface area contributed by atoms with Crippen LogP contribution < -0.4 is 0 Å². The molecule has 0 amide bonds. The lowest BCUT2D eigenvalue weighted by molar-refractivity contribution is -0.512. The van der Waals surface area contributed by atoms with Gasteiger partial charge in [0.25, 0.3) is 0 Å². The number of hydroxylamine groups is 2. The Morgan fingerprint density at radius 3 is 1.28 bits per heavy atom. The van der Waals surface area contributed by atoms with Crippen molar-refractivity contribution in [1.82, 2.24) is 0 Å². The maximum atomic E-state index is 11.8. The van der Waals surface area contributed by atoms with E-state index in [1.807, 2.05) is 0 Å². The molecule has 0 atom stereocenters. The fourth-order valence-electron chi connectivity index (χ4n) is 3.05. The van der Waals surface area contributed by atoms with Gasteiger partial charge in [-0.25, -0.2) is 9.48 Å². The van der Waals surface area contributed by atoms with E-state index in [9.17, 15) is 10.4 Å². The van der Waals surface area contributed by atoms with Gasteiger partial charge in [-0.15, -0.1) is 0 Å². The monoisotopic (exact) mass is 252 g/mol. The summed E-state index contributed by atoms with van der Waals surface area (Å²) in [4.78, 5) is 0. The van der Waals surface area contributed by atoms with Crippen LogP contribution in [0.5, 0.6) is 0 Å². The Hall–Kier alpha value is -1.06. The molecule has 2 rings (SSSR count). The number of nitrogens with zero attached hydrogens (tertiary/aromatic N) is 2. The molecule has 0 N–H and O–H groups in total. The number of rotatable bonds is 3. The predicted octanol–water partition coefficient (Wildman–Crippen LogP) is 2.81. The Bertz CT molecular complexity index is 282. The highest BCUT2D eigenvalue weighted by atomic mass is 16.5. The van der Waals surface area contributed by atoms with Crippen LogP contribution in [0.2, 0.25) is 0 Å². The highest BCUT2D eigenvalue weighted by Gasteiger charge is 2.21. The summed E-state index contributed by atoms with van der Waals surface area (Å²) in [5, 5.41) is 23.7. The minimum absolute atomic E-state index is 0.0924. The lowest BCUT2D eigenvalue weighted by atomic mass is 9.96. The molecule has 0 aromatic heterocycles. The van der Waals surface area contributed by atoms with Crippen LogP contribution in [0.1, 0.15) is 64.2 Å². The minimum atomic E-state index is 0.0924. The molecule has 0 spiro atoms. The van der Waals surface area contributed by atoms with E-state index in [4.69, 9.17) is 0 Å². The fraction of sp³-hybridized carbons (Fsp3) is 0.857. The first kappa shape index (κ1) is 13.4. The quantitative estimate of drug-likeness (QED) is 0.335. The van der Waals surface area contributed by atoms with Gasteiger partial charge in [-0.1, -0.05) is 12.8 Å². The molecule has 18 heavy (non-hydrogen) atoms. The van der Waals surface area contributed by atoms with Crippen LogP contribution in [-0.4, -0.2) is 34.0 Å². The van der Waals surface area contributed by atoms with Crippen molar-refractivity contribution < 1.29 is 9.48 Å².